The molecule has 2 atom stereocenters. The van der Waals surface area contributed by atoms with Crippen LogP contribution in [-0.2, 0) is 9.47 Å². The lowest BCUT2D eigenvalue weighted by Crippen LogP contribution is -2.36. The fraction of sp³-hybridized carbons (Fsp3) is 0.615. The molecule has 0 unspecified atom stereocenters. The van der Waals surface area contributed by atoms with Crippen LogP contribution >= 0.6 is 0 Å². The van der Waals surface area contributed by atoms with Crippen molar-refractivity contribution < 1.29 is 14.6 Å². The van der Waals surface area contributed by atoms with Crippen molar-refractivity contribution in [3.63, 3.8) is 0 Å². The number of imidazole rings is 1. The third-order valence-electron chi connectivity index (χ3n) is 3.55. The molecule has 0 bridgehead atoms. The average Bonchev–Trinajstić information content (AvgIpc) is 2.90. The van der Waals surface area contributed by atoms with Crippen molar-refractivity contribution in [2.24, 2.45) is 0 Å². The van der Waals surface area contributed by atoms with Gasteiger partial charge < -0.3 is 20.3 Å². The third-order valence-corrected chi connectivity index (χ3v) is 3.55. The Labute approximate surface area is 127 Å². The van der Waals surface area contributed by atoms with E-state index in [0.717, 1.165) is 0 Å². The number of aromatic nitrogens is 4. The van der Waals surface area contributed by atoms with Gasteiger partial charge in [-0.1, -0.05) is 0 Å². The molecular formula is C13H21N5O4. The standard InChI is InChI=1S/C13H21N5O4/c1-4-22-8(5-13(2,6-19)21-3)18-7-15-9-10(18)16-12(14)17-11(9)20/h7-8,19H,4-6H2,1-3H3,(H3,14,16,17,20)/t8-,13+/m1/s1. The fourth-order valence-electron chi connectivity index (χ4n) is 2.17. The van der Waals surface area contributed by atoms with Crippen LogP contribution in [0, 0.1) is 0 Å². The predicted molar refractivity (Wildman–Crippen MR) is 80.3 cm³/mol. The summed E-state index contributed by atoms with van der Waals surface area (Å²) in [5.74, 6) is 0.00570. The Morgan fingerprint density at radius 3 is 2.91 bits per heavy atom. The molecule has 0 aliphatic rings. The van der Waals surface area contributed by atoms with Crippen LogP contribution in [0.5, 0.6) is 0 Å². The highest BCUT2D eigenvalue weighted by atomic mass is 16.5. The summed E-state index contributed by atoms with van der Waals surface area (Å²) in [4.78, 5) is 22.4. The number of fused-ring (bicyclic) bond motifs is 1. The number of anilines is 1. The van der Waals surface area contributed by atoms with E-state index in [1.54, 1.807) is 11.5 Å². The van der Waals surface area contributed by atoms with Gasteiger partial charge in [0.25, 0.3) is 5.56 Å². The SMILES string of the molecule is CCO[C@H](C[C@@](C)(CO)OC)n1cnc2c(=O)[nH]c(N)nc21. The maximum absolute atomic E-state index is 11.8. The molecule has 0 aliphatic carbocycles. The summed E-state index contributed by atoms with van der Waals surface area (Å²) in [6, 6.07) is 0. The van der Waals surface area contributed by atoms with Gasteiger partial charge in [-0.3, -0.25) is 14.3 Å². The average molecular weight is 311 g/mol. The first kappa shape index (κ1) is 16.4. The summed E-state index contributed by atoms with van der Waals surface area (Å²) in [5, 5.41) is 9.51. The zero-order valence-corrected chi connectivity index (χ0v) is 12.9. The van der Waals surface area contributed by atoms with Crippen molar-refractivity contribution in [2.75, 3.05) is 26.1 Å². The van der Waals surface area contributed by atoms with E-state index < -0.39 is 17.4 Å². The number of nitrogens with one attached hydrogen (secondary N) is 1. The number of aliphatic hydroxyl groups is 1. The van der Waals surface area contributed by atoms with Crippen LogP contribution in [-0.4, -0.2) is 50.6 Å². The molecule has 0 aromatic carbocycles. The molecule has 0 saturated carbocycles. The summed E-state index contributed by atoms with van der Waals surface area (Å²) in [6.07, 6.45) is 1.33. The highest BCUT2D eigenvalue weighted by Crippen LogP contribution is 2.26. The summed E-state index contributed by atoms with van der Waals surface area (Å²) < 4.78 is 12.7. The van der Waals surface area contributed by atoms with E-state index in [-0.39, 0.29) is 18.1 Å². The second-order valence-corrected chi connectivity index (χ2v) is 5.20. The van der Waals surface area contributed by atoms with Gasteiger partial charge in [-0.05, 0) is 13.8 Å². The Bertz CT molecular complexity index is 691. The van der Waals surface area contributed by atoms with Gasteiger partial charge in [-0.15, -0.1) is 0 Å². The van der Waals surface area contributed by atoms with Crippen molar-refractivity contribution in [1.29, 1.82) is 0 Å². The smallest absolute Gasteiger partial charge is 0.280 e. The molecule has 4 N–H and O–H groups in total. The second kappa shape index (κ2) is 6.42. The topological polar surface area (TPSA) is 128 Å². The molecular weight excluding hydrogens is 290 g/mol. The van der Waals surface area contributed by atoms with Crippen molar-refractivity contribution >= 4 is 17.1 Å². The largest absolute Gasteiger partial charge is 0.393 e. The number of methoxy groups -OCH3 is 1. The molecule has 0 amide bonds. The maximum Gasteiger partial charge on any atom is 0.280 e. The summed E-state index contributed by atoms with van der Waals surface area (Å²) >= 11 is 0. The lowest BCUT2D eigenvalue weighted by molar-refractivity contribution is -0.0984. The van der Waals surface area contributed by atoms with Crippen LogP contribution in [0.4, 0.5) is 5.95 Å². The van der Waals surface area contributed by atoms with Crippen LogP contribution in [0.3, 0.4) is 0 Å². The summed E-state index contributed by atoms with van der Waals surface area (Å²) in [7, 11) is 1.52. The number of hydrogen-bond acceptors (Lipinski definition) is 7. The molecule has 0 radical (unpaired) electrons. The number of H-pyrrole nitrogens is 1. The number of hydrogen-bond donors (Lipinski definition) is 3. The first-order valence-corrected chi connectivity index (χ1v) is 6.94. The van der Waals surface area contributed by atoms with Gasteiger partial charge >= 0.3 is 0 Å². The molecule has 22 heavy (non-hydrogen) atoms. The normalized spacial score (nSPS) is 15.8. The Balaban J connectivity index is 2.47. The molecule has 0 saturated heterocycles. The molecule has 2 heterocycles. The Kier molecular flexibility index (Phi) is 4.79. The molecule has 9 heteroatoms. The minimum absolute atomic E-state index is 0.00570. The molecule has 0 spiro atoms. The summed E-state index contributed by atoms with van der Waals surface area (Å²) in [5.41, 5.74) is 4.91. The number of ether oxygens (including phenoxy) is 2. The number of aromatic amines is 1. The van der Waals surface area contributed by atoms with Crippen LogP contribution < -0.4 is 11.3 Å². The van der Waals surface area contributed by atoms with E-state index in [0.29, 0.717) is 18.7 Å². The number of nitrogen functional groups attached to an aromatic ring is 1. The van der Waals surface area contributed by atoms with E-state index in [4.69, 9.17) is 15.2 Å². The number of nitrogens with zero attached hydrogens (tertiary/aromatic N) is 3. The number of rotatable bonds is 7. The van der Waals surface area contributed by atoms with E-state index in [1.165, 1.54) is 13.4 Å². The minimum Gasteiger partial charge on any atom is -0.393 e. The number of nitrogens with two attached hydrogens (primary N) is 1. The lowest BCUT2D eigenvalue weighted by atomic mass is 10.0. The predicted octanol–water partition coefficient (Wildman–Crippen LogP) is 0.0244. The van der Waals surface area contributed by atoms with E-state index in [2.05, 4.69) is 15.0 Å². The molecule has 2 aromatic rings. The van der Waals surface area contributed by atoms with E-state index >= 15 is 0 Å². The molecule has 122 valence electrons. The van der Waals surface area contributed by atoms with Crippen LogP contribution in [0.25, 0.3) is 11.2 Å². The molecule has 2 aromatic heterocycles. The van der Waals surface area contributed by atoms with Gasteiger partial charge in [0.2, 0.25) is 5.95 Å². The third kappa shape index (κ3) is 3.11. The Morgan fingerprint density at radius 1 is 1.59 bits per heavy atom. The van der Waals surface area contributed by atoms with Crippen molar-refractivity contribution in [1.82, 2.24) is 19.5 Å². The van der Waals surface area contributed by atoms with Gasteiger partial charge in [0.05, 0.1) is 18.5 Å². The maximum atomic E-state index is 11.8. The van der Waals surface area contributed by atoms with Gasteiger partial charge in [-0.2, -0.15) is 4.98 Å². The lowest BCUT2D eigenvalue weighted by Gasteiger charge is -2.30. The van der Waals surface area contributed by atoms with Gasteiger partial charge in [-0.25, -0.2) is 4.98 Å². The fourth-order valence-corrected chi connectivity index (χ4v) is 2.17. The summed E-state index contributed by atoms with van der Waals surface area (Å²) in [6.45, 7) is 3.89. The zero-order chi connectivity index (χ0) is 16.3. The van der Waals surface area contributed by atoms with Crippen molar-refractivity contribution in [3.8, 4) is 0 Å². The van der Waals surface area contributed by atoms with Crippen LogP contribution in [0.1, 0.15) is 26.5 Å². The highest BCUT2D eigenvalue weighted by molar-refractivity contribution is 5.70. The quantitative estimate of drug-likeness (QED) is 0.657. The van der Waals surface area contributed by atoms with Gasteiger partial charge in [0, 0.05) is 20.1 Å². The van der Waals surface area contributed by atoms with Crippen LogP contribution in [0.15, 0.2) is 11.1 Å². The van der Waals surface area contributed by atoms with Gasteiger partial charge in [0.1, 0.15) is 6.23 Å². The first-order chi connectivity index (χ1) is 10.4. The number of aliphatic hydroxyl groups excluding tert-OH is 1. The molecule has 0 aliphatic heterocycles. The second-order valence-electron chi connectivity index (χ2n) is 5.20. The van der Waals surface area contributed by atoms with Gasteiger partial charge in [0.15, 0.2) is 11.2 Å². The Hall–Kier alpha value is -1.97. The van der Waals surface area contributed by atoms with E-state index in [9.17, 15) is 9.90 Å². The van der Waals surface area contributed by atoms with E-state index in [1.807, 2.05) is 6.92 Å². The van der Waals surface area contributed by atoms with Crippen molar-refractivity contribution in [2.45, 2.75) is 32.1 Å². The zero-order valence-electron chi connectivity index (χ0n) is 12.9. The first-order valence-electron chi connectivity index (χ1n) is 6.94. The Morgan fingerprint density at radius 2 is 2.32 bits per heavy atom. The minimum atomic E-state index is -0.789. The monoisotopic (exact) mass is 311 g/mol. The molecule has 0 fully saturated rings. The van der Waals surface area contributed by atoms with Crippen molar-refractivity contribution in [3.05, 3.63) is 16.7 Å². The molecule has 2 rings (SSSR count). The van der Waals surface area contributed by atoms with Crippen LogP contribution in [0.2, 0.25) is 0 Å². The molecule has 9 nitrogen and oxygen atoms in total. The highest BCUT2D eigenvalue weighted by Gasteiger charge is 2.30.